The molecular formula is C23H26F2N2O3. The molecule has 0 radical (unpaired) electrons. The van der Waals surface area contributed by atoms with Crippen molar-refractivity contribution in [3.63, 3.8) is 0 Å². The van der Waals surface area contributed by atoms with Gasteiger partial charge in [-0.15, -0.1) is 0 Å². The van der Waals surface area contributed by atoms with Crippen LogP contribution < -0.4 is 14.8 Å². The molecule has 1 N–H and O–H groups in total. The molecule has 1 aliphatic rings. The number of ether oxygens (including phenoxy) is 2. The van der Waals surface area contributed by atoms with Crippen molar-refractivity contribution in [3.8, 4) is 11.5 Å². The van der Waals surface area contributed by atoms with Gasteiger partial charge in [-0.2, -0.15) is 8.78 Å². The number of hydrogen-bond donors (Lipinski definition) is 1. The zero-order chi connectivity index (χ0) is 21.3. The number of hydrogen-bond acceptors (Lipinski definition) is 4. The lowest BCUT2D eigenvalue weighted by Crippen LogP contribution is -2.36. The van der Waals surface area contributed by atoms with Crippen molar-refractivity contribution < 1.29 is 23.0 Å². The number of likely N-dealkylation sites (tertiary alicyclic amines) is 1. The van der Waals surface area contributed by atoms with E-state index >= 15 is 0 Å². The minimum absolute atomic E-state index is 0.0341. The van der Waals surface area contributed by atoms with Gasteiger partial charge in [-0.05, 0) is 55.8 Å². The van der Waals surface area contributed by atoms with E-state index in [4.69, 9.17) is 4.74 Å². The Hall–Kier alpha value is -2.93. The van der Waals surface area contributed by atoms with Gasteiger partial charge in [0, 0.05) is 18.2 Å². The summed E-state index contributed by atoms with van der Waals surface area (Å²) in [5.41, 5.74) is 1.77. The van der Waals surface area contributed by atoms with Crippen LogP contribution in [0.5, 0.6) is 11.5 Å². The van der Waals surface area contributed by atoms with E-state index in [1.54, 1.807) is 25.3 Å². The SMILES string of the molecule is COc1ccccc1C(CNC(=O)/C=C/c1ccc(OC(F)F)cc1)N1CCCC1. The minimum atomic E-state index is -2.86. The highest BCUT2D eigenvalue weighted by molar-refractivity contribution is 5.91. The smallest absolute Gasteiger partial charge is 0.387 e. The summed E-state index contributed by atoms with van der Waals surface area (Å²) in [6.07, 6.45) is 5.36. The van der Waals surface area contributed by atoms with Crippen LogP contribution in [0.4, 0.5) is 8.78 Å². The zero-order valence-corrected chi connectivity index (χ0v) is 16.9. The standard InChI is InChI=1S/C23H26F2N2O3/c1-29-21-7-3-2-6-19(21)20(27-14-4-5-15-27)16-26-22(28)13-10-17-8-11-18(12-9-17)30-23(24)25/h2-3,6-13,20,23H,4-5,14-16H2,1H3,(H,26,28)/b13-10+. The summed E-state index contributed by atoms with van der Waals surface area (Å²) in [6, 6.07) is 14.0. The van der Waals surface area contributed by atoms with Gasteiger partial charge in [0.1, 0.15) is 11.5 Å². The van der Waals surface area contributed by atoms with Crippen molar-refractivity contribution in [2.24, 2.45) is 0 Å². The molecule has 0 spiro atoms. The third-order valence-electron chi connectivity index (χ3n) is 5.08. The number of amides is 1. The molecule has 2 aromatic rings. The monoisotopic (exact) mass is 416 g/mol. The van der Waals surface area contributed by atoms with Crippen LogP contribution in [-0.2, 0) is 4.79 Å². The number of halogens is 2. The first-order valence-electron chi connectivity index (χ1n) is 9.94. The molecule has 3 rings (SSSR count). The molecule has 2 aromatic carbocycles. The first kappa shape index (κ1) is 21.8. The maximum Gasteiger partial charge on any atom is 0.387 e. The van der Waals surface area contributed by atoms with E-state index in [-0.39, 0.29) is 17.7 Å². The van der Waals surface area contributed by atoms with Crippen LogP contribution in [0.15, 0.2) is 54.6 Å². The van der Waals surface area contributed by atoms with Gasteiger partial charge in [0.25, 0.3) is 0 Å². The molecule has 1 amide bonds. The summed E-state index contributed by atoms with van der Waals surface area (Å²) in [5.74, 6) is 0.671. The van der Waals surface area contributed by atoms with Crippen LogP contribution in [0.25, 0.3) is 6.08 Å². The molecule has 1 unspecified atom stereocenters. The predicted molar refractivity (Wildman–Crippen MR) is 112 cm³/mol. The van der Waals surface area contributed by atoms with Crippen LogP contribution in [0.1, 0.15) is 30.0 Å². The van der Waals surface area contributed by atoms with Crippen molar-refractivity contribution in [3.05, 3.63) is 65.7 Å². The van der Waals surface area contributed by atoms with Gasteiger partial charge in [-0.25, -0.2) is 0 Å². The molecule has 0 saturated carbocycles. The molecule has 1 heterocycles. The number of carbonyl (C=O) groups is 1. The summed E-state index contributed by atoms with van der Waals surface area (Å²) in [6.45, 7) is -0.419. The molecule has 160 valence electrons. The molecule has 1 fully saturated rings. The molecule has 0 aliphatic carbocycles. The second kappa shape index (κ2) is 10.7. The number of alkyl halides is 2. The Morgan fingerprint density at radius 1 is 1.13 bits per heavy atom. The fourth-order valence-corrected chi connectivity index (χ4v) is 3.62. The molecule has 1 aliphatic heterocycles. The van der Waals surface area contributed by atoms with Crippen LogP contribution >= 0.6 is 0 Å². The number of methoxy groups -OCH3 is 1. The molecule has 0 bridgehead atoms. The molecular weight excluding hydrogens is 390 g/mol. The second-order valence-electron chi connectivity index (χ2n) is 7.03. The lowest BCUT2D eigenvalue weighted by molar-refractivity contribution is -0.116. The Kier molecular flexibility index (Phi) is 7.79. The largest absolute Gasteiger partial charge is 0.496 e. The average Bonchev–Trinajstić information content (AvgIpc) is 3.28. The minimum Gasteiger partial charge on any atom is -0.496 e. The first-order valence-corrected chi connectivity index (χ1v) is 9.94. The summed E-state index contributed by atoms with van der Waals surface area (Å²) < 4.78 is 34.3. The maximum absolute atomic E-state index is 12.4. The van der Waals surface area contributed by atoms with E-state index in [9.17, 15) is 13.6 Å². The third kappa shape index (κ3) is 6.03. The van der Waals surface area contributed by atoms with Crippen molar-refractivity contribution in [2.45, 2.75) is 25.5 Å². The van der Waals surface area contributed by atoms with E-state index in [0.29, 0.717) is 12.1 Å². The topological polar surface area (TPSA) is 50.8 Å². The Labute approximate surface area is 175 Å². The average molecular weight is 416 g/mol. The van der Waals surface area contributed by atoms with Crippen molar-refractivity contribution in [1.29, 1.82) is 0 Å². The van der Waals surface area contributed by atoms with E-state index < -0.39 is 6.61 Å². The summed E-state index contributed by atoms with van der Waals surface area (Å²) in [4.78, 5) is 14.7. The van der Waals surface area contributed by atoms with Gasteiger partial charge in [0.05, 0.1) is 13.2 Å². The van der Waals surface area contributed by atoms with Crippen LogP contribution in [0, 0.1) is 0 Å². The normalized spacial score (nSPS) is 15.5. The second-order valence-corrected chi connectivity index (χ2v) is 7.03. The highest BCUT2D eigenvalue weighted by Crippen LogP contribution is 2.31. The molecule has 1 atom stereocenters. The van der Waals surface area contributed by atoms with E-state index in [0.717, 1.165) is 37.2 Å². The van der Waals surface area contributed by atoms with Crippen LogP contribution in [0.2, 0.25) is 0 Å². The predicted octanol–water partition coefficient (Wildman–Crippen LogP) is 4.26. The fourth-order valence-electron chi connectivity index (χ4n) is 3.62. The Balaban J connectivity index is 1.62. The third-order valence-corrected chi connectivity index (χ3v) is 5.08. The van der Waals surface area contributed by atoms with Gasteiger partial charge >= 0.3 is 6.61 Å². The Morgan fingerprint density at radius 3 is 2.50 bits per heavy atom. The molecule has 5 nitrogen and oxygen atoms in total. The quantitative estimate of drug-likeness (QED) is 0.621. The number of para-hydroxylation sites is 1. The number of nitrogens with one attached hydrogen (secondary N) is 1. The Bertz CT molecular complexity index is 850. The summed E-state index contributed by atoms with van der Waals surface area (Å²) in [5, 5.41) is 2.97. The van der Waals surface area contributed by atoms with Crippen molar-refractivity contribution in [2.75, 3.05) is 26.7 Å². The van der Waals surface area contributed by atoms with Gasteiger partial charge in [0.15, 0.2) is 0 Å². The highest BCUT2D eigenvalue weighted by Gasteiger charge is 2.26. The summed E-state index contributed by atoms with van der Waals surface area (Å²) >= 11 is 0. The van der Waals surface area contributed by atoms with Crippen LogP contribution in [0.3, 0.4) is 0 Å². The van der Waals surface area contributed by atoms with Gasteiger partial charge < -0.3 is 14.8 Å². The first-order chi connectivity index (χ1) is 14.6. The van der Waals surface area contributed by atoms with Crippen molar-refractivity contribution >= 4 is 12.0 Å². The van der Waals surface area contributed by atoms with E-state index in [1.165, 1.54) is 18.2 Å². The molecule has 7 heteroatoms. The number of rotatable bonds is 9. The van der Waals surface area contributed by atoms with Crippen molar-refractivity contribution in [1.82, 2.24) is 10.2 Å². The maximum atomic E-state index is 12.4. The molecule has 1 saturated heterocycles. The zero-order valence-electron chi connectivity index (χ0n) is 16.9. The number of benzene rings is 2. The molecule has 0 aromatic heterocycles. The fraction of sp³-hybridized carbons (Fsp3) is 0.348. The Morgan fingerprint density at radius 2 is 1.83 bits per heavy atom. The lowest BCUT2D eigenvalue weighted by atomic mass is 10.0. The lowest BCUT2D eigenvalue weighted by Gasteiger charge is -2.29. The van der Waals surface area contributed by atoms with Gasteiger partial charge in [-0.3, -0.25) is 9.69 Å². The van der Waals surface area contributed by atoms with E-state index in [2.05, 4.69) is 15.0 Å². The highest BCUT2D eigenvalue weighted by atomic mass is 19.3. The number of carbonyl (C=O) groups excluding carboxylic acids is 1. The summed E-state index contributed by atoms with van der Waals surface area (Å²) in [7, 11) is 1.65. The number of nitrogens with zero attached hydrogens (tertiary/aromatic N) is 1. The molecule has 30 heavy (non-hydrogen) atoms. The van der Waals surface area contributed by atoms with Crippen LogP contribution in [-0.4, -0.2) is 44.2 Å². The van der Waals surface area contributed by atoms with Gasteiger partial charge in [0.2, 0.25) is 5.91 Å². The van der Waals surface area contributed by atoms with E-state index in [1.807, 2.05) is 24.3 Å². The van der Waals surface area contributed by atoms with Gasteiger partial charge in [-0.1, -0.05) is 30.3 Å².